The van der Waals surface area contributed by atoms with Crippen LogP contribution in [0.5, 0.6) is 0 Å². The van der Waals surface area contributed by atoms with Crippen LogP contribution in [0.2, 0.25) is 5.02 Å². The summed E-state index contributed by atoms with van der Waals surface area (Å²) in [6, 6.07) is 16.1. The zero-order valence-corrected chi connectivity index (χ0v) is 18.0. The summed E-state index contributed by atoms with van der Waals surface area (Å²) in [4.78, 5) is 11.5. The van der Waals surface area contributed by atoms with Crippen LogP contribution in [0.1, 0.15) is 35.0 Å². The first-order chi connectivity index (χ1) is 14.6. The maximum absolute atomic E-state index is 5.98. The van der Waals surface area contributed by atoms with Gasteiger partial charge in [-0.3, -0.25) is 5.10 Å². The number of halogens is 1. The molecule has 0 bridgehead atoms. The van der Waals surface area contributed by atoms with Crippen molar-refractivity contribution in [1.29, 1.82) is 0 Å². The molecular formula is C22H21ClN6S. The van der Waals surface area contributed by atoms with Gasteiger partial charge in [0.2, 0.25) is 5.95 Å². The van der Waals surface area contributed by atoms with E-state index in [0.29, 0.717) is 18.4 Å². The second kappa shape index (κ2) is 8.08. The van der Waals surface area contributed by atoms with Gasteiger partial charge in [0.25, 0.3) is 0 Å². The molecule has 3 heterocycles. The van der Waals surface area contributed by atoms with E-state index in [1.54, 1.807) is 11.3 Å². The van der Waals surface area contributed by atoms with Crippen LogP contribution in [0, 0.1) is 6.92 Å². The Morgan fingerprint density at radius 1 is 1.07 bits per heavy atom. The molecule has 152 valence electrons. The lowest BCUT2D eigenvalue weighted by Crippen LogP contribution is -2.05. The Morgan fingerprint density at radius 2 is 1.90 bits per heavy atom. The Balaban J connectivity index is 1.25. The first-order valence-electron chi connectivity index (χ1n) is 9.89. The predicted molar refractivity (Wildman–Crippen MR) is 123 cm³/mol. The Kier molecular flexibility index (Phi) is 5.14. The Hall–Kier alpha value is -2.90. The maximum Gasteiger partial charge on any atom is 0.225 e. The number of nitrogens with one attached hydrogen (secondary N) is 3. The largest absolute Gasteiger partial charge is 0.349 e. The van der Waals surface area contributed by atoms with Gasteiger partial charge in [-0.05, 0) is 49.6 Å². The molecule has 0 spiro atoms. The molecule has 6 nitrogen and oxygen atoms in total. The van der Waals surface area contributed by atoms with Crippen LogP contribution in [-0.2, 0) is 6.54 Å². The summed E-state index contributed by atoms with van der Waals surface area (Å²) in [7, 11) is 0. The highest BCUT2D eigenvalue weighted by Crippen LogP contribution is 2.39. The molecule has 3 aromatic heterocycles. The quantitative estimate of drug-likeness (QED) is 0.325. The van der Waals surface area contributed by atoms with Gasteiger partial charge in [0, 0.05) is 44.2 Å². The van der Waals surface area contributed by atoms with Gasteiger partial charge < -0.3 is 10.6 Å². The highest BCUT2D eigenvalue weighted by atomic mass is 35.5. The van der Waals surface area contributed by atoms with E-state index in [1.807, 2.05) is 37.3 Å². The summed E-state index contributed by atoms with van der Waals surface area (Å²) in [6.07, 6.45) is 2.48. The number of aromatic amines is 1. The Morgan fingerprint density at radius 3 is 2.70 bits per heavy atom. The van der Waals surface area contributed by atoms with Crippen molar-refractivity contribution >= 4 is 40.5 Å². The van der Waals surface area contributed by atoms with E-state index in [-0.39, 0.29) is 0 Å². The van der Waals surface area contributed by atoms with E-state index in [0.717, 1.165) is 22.4 Å². The molecule has 8 heteroatoms. The van der Waals surface area contributed by atoms with Gasteiger partial charge in [-0.2, -0.15) is 10.1 Å². The lowest BCUT2D eigenvalue weighted by Gasteiger charge is -2.08. The van der Waals surface area contributed by atoms with Crippen molar-refractivity contribution < 1.29 is 0 Å². The van der Waals surface area contributed by atoms with E-state index >= 15 is 0 Å². The van der Waals surface area contributed by atoms with Crippen LogP contribution in [-0.4, -0.2) is 20.2 Å². The molecule has 1 saturated carbocycles. The summed E-state index contributed by atoms with van der Waals surface area (Å²) >= 11 is 7.73. The second-order valence-electron chi connectivity index (χ2n) is 7.45. The molecule has 0 atom stereocenters. The van der Waals surface area contributed by atoms with Gasteiger partial charge in [-0.1, -0.05) is 23.7 Å². The summed E-state index contributed by atoms with van der Waals surface area (Å²) in [5.74, 6) is 2.75. The van der Waals surface area contributed by atoms with Crippen LogP contribution in [0.4, 0.5) is 17.6 Å². The summed E-state index contributed by atoms with van der Waals surface area (Å²) in [5, 5.41) is 14.8. The summed E-state index contributed by atoms with van der Waals surface area (Å²) < 4.78 is 0. The van der Waals surface area contributed by atoms with Crippen molar-refractivity contribution in [1.82, 2.24) is 20.2 Å². The standard InChI is InChI=1S/C22H21ClN6S/c1-13-10-20(26-21-11-18(28-29-21)14-2-3-14)27-22(25-13)24-12-17-8-9-19(30-17)15-4-6-16(23)7-5-15/h4-11,14H,2-3,12H2,1H3,(H3,24,25,26,27,28,29). The monoisotopic (exact) mass is 436 g/mol. The minimum atomic E-state index is 0.594. The second-order valence-corrected chi connectivity index (χ2v) is 9.06. The molecule has 1 aromatic carbocycles. The number of anilines is 3. The predicted octanol–water partition coefficient (Wildman–Crippen LogP) is 6.12. The van der Waals surface area contributed by atoms with E-state index < -0.39 is 0 Å². The third kappa shape index (κ3) is 4.47. The van der Waals surface area contributed by atoms with Crippen LogP contribution >= 0.6 is 22.9 Å². The number of aromatic nitrogens is 4. The third-order valence-corrected chi connectivity index (χ3v) is 6.32. The van der Waals surface area contributed by atoms with Crippen LogP contribution in [0.25, 0.3) is 10.4 Å². The lowest BCUT2D eigenvalue weighted by atomic mass is 10.2. The highest BCUT2D eigenvalue weighted by Gasteiger charge is 2.25. The fourth-order valence-electron chi connectivity index (χ4n) is 3.26. The van der Waals surface area contributed by atoms with Crippen molar-refractivity contribution in [3.8, 4) is 10.4 Å². The molecule has 5 rings (SSSR count). The van der Waals surface area contributed by atoms with Crippen molar-refractivity contribution in [2.45, 2.75) is 32.2 Å². The van der Waals surface area contributed by atoms with Crippen molar-refractivity contribution in [3.63, 3.8) is 0 Å². The number of hydrogen-bond donors (Lipinski definition) is 3. The molecule has 0 unspecified atom stereocenters. The highest BCUT2D eigenvalue weighted by molar-refractivity contribution is 7.15. The summed E-state index contributed by atoms with van der Waals surface area (Å²) in [5.41, 5.74) is 3.25. The number of nitrogens with zero attached hydrogens (tertiary/aromatic N) is 3. The molecule has 30 heavy (non-hydrogen) atoms. The SMILES string of the molecule is Cc1cc(Nc2cc(C3CC3)[nH]n2)nc(NCc2ccc(-c3ccc(Cl)cc3)s2)n1. The fourth-order valence-corrected chi connectivity index (χ4v) is 4.33. The van der Waals surface area contributed by atoms with E-state index in [1.165, 1.54) is 33.9 Å². The molecule has 0 radical (unpaired) electrons. The minimum Gasteiger partial charge on any atom is -0.349 e. The molecule has 3 N–H and O–H groups in total. The smallest absolute Gasteiger partial charge is 0.225 e. The van der Waals surface area contributed by atoms with Crippen molar-refractivity contribution in [3.05, 3.63) is 69.8 Å². The first-order valence-corrected chi connectivity index (χ1v) is 11.1. The zero-order valence-electron chi connectivity index (χ0n) is 16.4. The fraction of sp³-hybridized carbons (Fsp3) is 0.227. The zero-order chi connectivity index (χ0) is 20.5. The van der Waals surface area contributed by atoms with E-state index in [2.05, 4.69) is 49.0 Å². The third-order valence-electron chi connectivity index (χ3n) is 4.94. The van der Waals surface area contributed by atoms with Gasteiger partial charge in [0.1, 0.15) is 5.82 Å². The van der Waals surface area contributed by atoms with Crippen LogP contribution < -0.4 is 10.6 Å². The number of rotatable bonds is 7. The average Bonchev–Trinajstić information content (AvgIpc) is 3.29. The molecule has 1 aliphatic rings. The Labute approximate surface area is 183 Å². The topological polar surface area (TPSA) is 78.5 Å². The molecule has 1 fully saturated rings. The van der Waals surface area contributed by atoms with E-state index in [9.17, 15) is 0 Å². The summed E-state index contributed by atoms with van der Waals surface area (Å²) in [6.45, 7) is 2.62. The number of benzene rings is 1. The average molecular weight is 437 g/mol. The molecular weight excluding hydrogens is 416 g/mol. The van der Waals surface area contributed by atoms with Crippen molar-refractivity contribution in [2.75, 3.05) is 10.6 Å². The number of thiophene rings is 1. The normalized spacial score (nSPS) is 13.4. The van der Waals surface area contributed by atoms with Crippen LogP contribution in [0.3, 0.4) is 0 Å². The molecule has 0 saturated heterocycles. The first kappa shape index (κ1) is 19.1. The van der Waals surface area contributed by atoms with Gasteiger partial charge in [-0.15, -0.1) is 11.3 Å². The lowest BCUT2D eigenvalue weighted by molar-refractivity contribution is 0.965. The molecule has 0 aliphatic heterocycles. The maximum atomic E-state index is 5.98. The van der Waals surface area contributed by atoms with E-state index in [4.69, 9.17) is 11.6 Å². The van der Waals surface area contributed by atoms with Gasteiger partial charge >= 0.3 is 0 Å². The minimum absolute atomic E-state index is 0.594. The van der Waals surface area contributed by atoms with Gasteiger partial charge in [0.15, 0.2) is 5.82 Å². The Bertz CT molecular complexity index is 1160. The molecule has 4 aromatic rings. The van der Waals surface area contributed by atoms with Crippen LogP contribution in [0.15, 0.2) is 48.5 Å². The molecule has 0 amide bonds. The number of hydrogen-bond acceptors (Lipinski definition) is 6. The van der Waals surface area contributed by atoms with Gasteiger partial charge in [0.05, 0.1) is 6.54 Å². The number of aryl methyl sites for hydroxylation is 1. The molecule has 1 aliphatic carbocycles. The van der Waals surface area contributed by atoms with Gasteiger partial charge in [-0.25, -0.2) is 4.98 Å². The van der Waals surface area contributed by atoms with Crippen molar-refractivity contribution in [2.24, 2.45) is 0 Å². The number of H-pyrrole nitrogens is 1.